The molecule has 0 saturated carbocycles. The number of halogens is 1. The van der Waals surface area contributed by atoms with Crippen molar-refractivity contribution in [2.75, 3.05) is 5.01 Å². The van der Waals surface area contributed by atoms with Crippen molar-refractivity contribution in [1.82, 2.24) is 5.43 Å². The van der Waals surface area contributed by atoms with E-state index in [1.807, 2.05) is 26.0 Å². The number of rotatable bonds is 2. The molecule has 0 spiro atoms. The Bertz CT molecular complexity index is 486. The third kappa shape index (κ3) is 4.49. The predicted molar refractivity (Wildman–Crippen MR) is 94.9 cm³/mol. The Morgan fingerprint density at radius 1 is 1.19 bits per heavy atom. The van der Waals surface area contributed by atoms with Crippen LogP contribution in [0.15, 0.2) is 30.5 Å². The van der Waals surface area contributed by atoms with E-state index in [0.29, 0.717) is 12.0 Å². The lowest BCUT2D eigenvalue weighted by Gasteiger charge is -2.30. The van der Waals surface area contributed by atoms with Gasteiger partial charge < -0.3 is 0 Å². The fraction of sp³-hybridized carbons (Fsp3) is 0.556. The molecule has 0 aromatic heterocycles. The maximum Gasteiger partial charge on any atom is 0.0620 e. The van der Waals surface area contributed by atoms with Crippen LogP contribution >= 0.6 is 11.6 Å². The van der Waals surface area contributed by atoms with Crippen molar-refractivity contribution >= 4 is 17.3 Å². The molecule has 0 amide bonds. The average Bonchev–Trinajstić information content (AvgIpc) is 2.90. The Labute approximate surface area is 135 Å². The highest BCUT2D eigenvalue weighted by molar-refractivity contribution is 6.30. The van der Waals surface area contributed by atoms with E-state index < -0.39 is 0 Å². The zero-order valence-corrected chi connectivity index (χ0v) is 15.1. The Morgan fingerprint density at radius 3 is 2.29 bits per heavy atom. The fourth-order valence-electron chi connectivity index (χ4n) is 2.25. The van der Waals surface area contributed by atoms with Crippen molar-refractivity contribution < 1.29 is 0 Å². The molecule has 21 heavy (non-hydrogen) atoms. The number of hydrogen-bond donors (Lipinski definition) is 1. The number of benzene rings is 1. The van der Waals surface area contributed by atoms with Gasteiger partial charge in [-0.2, -0.15) is 0 Å². The molecule has 0 bridgehead atoms. The van der Waals surface area contributed by atoms with E-state index in [9.17, 15) is 0 Å². The van der Waals surface area contributed by atoms with E-state index in [4.69, 9.17) is 11.6 Å². The van der Waals surface area contributed by atoms with E-state index in [-0.39, 0.29) is 5.41 Å². The van der Waals surface area contributed by atoms with Crippen molar-refractivity contribution in [3.05, 3.63) is 41.1 Å². The normalized spacial score (nSPS) is 18.0. The van der Waals surface area contributed by atoms with Gasteiger partial charge in [-0.3, -0.25) is 5.01 Å². The molecule has 1 aromatic carbocycles. The molecule has 0 fully saturated rings. The lowest BCUT2D eigenvalue weighted by atomic mass is 9.88. The van der Waals surface area contributed by atoms with Crippen molar-refractivity contribution in [3.63, 3.8) is 0 Å². The smallest absolute Gasteiger partial charge is 0.0620 e. The van der Waals surface area contributed by atoms with Gasteiger partial charge in [-0.15, -0.1) is 0 Å². The van der Waals surface area contributed by atoms with Crippen LogP contribution in [0.5, 0.6) is 0 Å². The molecule has 1 aliphatic heterocycles. The first-order valence-corrected chi connectivity index (χ1v) is 8.20. The Morgan fingerprint density at radius 2 is 1.81 bits per heavy atom. The molecule has 1 aromatic rings. The maximum absolute atomic E-state index is 6.15. The second-order valence-corrected chi connectivity index (χ2v) is 6.98. The summed E-state index contributed by atoms with van der Waals surface area (Å²) in [5.74, 6) is 0.469. The summed E-state index contributed by atoms with van der Waals surface area (Å²) in [5, 5.41) is 2.87. The summed E-state index contributed by atoms with van der Waals surface area (Å²) in [6, 6.07) is 6.44. The van der Waals surface area contributed by atoms with E-state index in [2.05, 4.69) is 63.4 Å². The van der Waals surface area contributed by atoms with Crippen LogP contribution in [0.3, 0.4) is 0 Å². The first-order valence-electron chi connectivity index (χ1n) is 7.82. The highest BCUT2D eigenvalue weighted by Gasteiger charge is 2.28. The first-order chi connectivity index (χ1) is 9.79. The van der Waals surface area contributed by atoms with Gasteiger partial charge in [0.1, 0.15) is 0 Å². The summed E-state index contributed by atoms with van der Waals surface area (Å²) in [7, 11) is 0. The fourth-order valence-corrected chi connectivity index (χ4v) is 2.42. The van der Waals surface area contributed by atoms with Crippen molar-refractivity contribution in [2.24, 2.45) is 5.41 Å². The lowest BCUT2D eigenvalue weighted by molar-refractivity contribution is 0.326. The van der Waals surface area contributed by atoms with Gasteiger partial charge in [0, 0.05) is 11.2 Å². The molecule has 1 unspecified atom stereocenters. The molecular weight excluding hydrogens is 280 g/mol. The van der Waals surface area contributed by atoms with Crippen LogP contribution in [0, 0.1) is 5.41 Å². The minimum absolute atomic E-state index is 0.196. The molecule has 1 aliphatic rings. The molecule has 0 aliphatic carbocycles. The molecule has 1 N–H and O–H groups in total. The Hall–Kier alpha value is -0.990. The molecular formula is C18H29ClN2. The lowest BCUT2D eigenvalue weighted by Crippen LogP contribution is -2.42. The van der Waals surface area contributed by atoms with Crippen molar-refractivity contribution in [3.8, 4) is 0 Å². The maximum atomic E-state index is 6.15. The predicted octanol–water partition coefficient (Wildman–Crippen LogP) is 5.74. The molecule has 2 nitrogen and oxygen atoms in total. The second kappa shape index (κ2) is 7.33. The minimum Gasteiger partial charge on any atom is -0.284 e. The third-order valence-electron chi connectivity index (χ3n) is 3.51. The van der Waals surface area contributed by atoms with Gasteiger partial charge in [-0.25, -0.2) is 5.43 Å². The molecule has 1 heterocycles. The topological polar surface area (TPSA) is 15.3 Å². The number of hydrazine groups is 1. The number of hydrogen-bond acceptors (Lipinski definition) is 2. The van der Waals surface area contributed by atoms with Crippen molar-refractivity contribution in [1.29, 1.82) is 0 Å². The highest BCUT2D eigenvalue weighted by atomic mass is 35.5. The van der Waals surface area contributed by atoms with Crippen LogP contribution < -0.4 is 10.4 Å². The van der Waals surface area contributed by atoms with Crippen LogP contribution in [0.2, 0.25) is 5.02 Å². The van der Waals surface area contributed by atoms with Crippen LogP contribution in [0.4, 0.5) is 5.69 Å². The summed E-state index contributed by atoms with van der Waals surface area (Å²) in [6.07, 6.45) is 4.32. The summed E-state index contributed by atoms with van der Waals surface area (Å²) >= 11 is 6.15. The molecule has 0 radical (unpaired) electrons. The molecule has 118 valence electrons. The van der Waals surface area contributed by atoms with Gasteiger partial charge in [-0.1, -0.05) is 66.1 Å². The van der Waals surface area contributed by atoms with Gasteiger partial charge in [0.25, 0.3) is 0 Å². The number of anilines is 1. The molecule has 2 rings (SSSR count). The standard InChI is InChI=1S/C16H23ClN2.C2H6/c1-11(2)13-7-6-12(17)10-14(13)19-9-8-15(18-19)16(3,4)5;1-2/h6-11,15,18H,1-5H3;1-2H3. The van der Waals surface area contributed by atoms with E-state index in [0.717, 1.165) is 10.7 Å². The summed E-state index contributed by atoms with van der Waals surface area (Å²) in [5.41, 5.74) is 6.18. The Kier molecular flexibility index (Phi) is 6.30. The van der Waals surface area contributed by atoms with E-state index in [1.165, 1.54) is 5.56 Å². The summed E-state index contributed by atoms with van der Waals surface area (Å²) in [6.45, 7) is 15.1. The zero-order chi connectivity index (χ0) is 16.2. The molecule has 3 heteroatoms. The van der Waals surface area contributed by atoms with Gasteiger partial charge in [0.2, 0.25) is 0 Å². The Balaban J connectivity index is 0.00000106. The van der Waals surface area contributed by atoms with Crippen LogP contribution in [-0.2, 0) is 0 Å². The van der Waals surface area contributed by atoms with Gasteiger partial charge in [0.05, 0.1) is 11.7 Å². The molecule has 1 atom stereocenters. The number of nitrogens with zero attached hydrogens (tertiary/aromatic N) is 1. The van der Waals surface area contributed by atoms with Gasteiger partial charge in [-0.05, 0) is 35.1 Å². The summed E-state index contributed by atoms with van der Waals surface area (Å²) in [4.78, 5) is 0. The van der Waals surface area contributed by atoms with Crippen LogP contribution in [0.1, 0.15) is 59.9 Å². The quantitative estimate of drug-likeness (QED) is 0.749. The van der Waals surface area contributed by atoms with Crippen molar-refractivity contribution in [2.45, 2.75) is 60.4 Å². The van der Waals surface area contributed by atoms with Crippen LogP contribution in [0.25, 0.3) is 0 Å². The average molecular weight is 309 g/mol. The monoisotopic (exact) mass is 308 g/mol. The SMILES string of the molecule is CC.CC(C)c1ccc(Cl)cc1N1C=CC(C(C)(C)C)N1. The first kappa shape index (κ1) is 18.1. The van der Waals surface area contributed by atoms with E-state index >= 15 is 0 Å². The van der Waals surface area contributed by atoms with E-state index in [1.54, 1.807) is 0 Å². The highest BCUT2D eigenvalue weighted by Crippen LogP contribution is 2.33. The summed E-state index contributed by atoms with van der Waals surface area (Å²) < 4.78 is 0. The minimum atomic E-state index is 0.196. The third-order valence-corrected chi connectivity index (χ3v) is 3.75. The number of nitrogens with one attached hydrogen (secondary N) is 1. The van der Waals surface area contributed by atoms with Crippen LogP contribution in [-0.4, -0.2) is 6.04 Å². The second-order valence-electron chi connectivity index (χ2n) is 6.54. The largest absolute Gasteiger partial charge is 0.284 e. The van der Waals surface area contributed by atoms with Gasteiger partial charge in [0.15, 0.2) is 0 Å². The molecule has 0 saturated heterocycles. The zero-order valence-electron chi connectivity index (χ0n) is 14.4. The van der Waals surface area contributed by atoms with Gasteiger partial charge >= 0.3 is 0 Å².